The first-order valence-electron chi connectivity index (χ1n) is 21.1. The SMILES string of the molecule is CC(=O)O[C@H](/C=C/CC12OC(C(=O)OC(C)(C)C)C(O)(C(=O)OC(C)(C)C)[C@](C(=O)OC(C)(C)C)(O1)[C@H](OCc1ccccc1)[C@H]2OC(=O)OC(C)(C)C)[C@H](C)Cc1ccccc1. The minimum absolute atomic E-state index is 0.287. The third-order valence-electron chi connectivity index (χ3n) is 9.62. The van der Waals surface area contributed by atoms with Gasteiger partial charge in [-0.05, 0) is 107 Å². The van der Waals surface area contributed by atoms with Gasteiger partial charge < -0.3 is 47.7 Å². The molecular formula is C48H66O15. The highest BCUT2D eigenvalue weighted by molar-refractivity contribution is 5.99. The predicted octanol–water partition coefficient (Wildman–Crippen LogP) is 7.27. The molecule has 3 unspecified atom stereocenters. The number of carbonyl (C=O) groups is 5. The van der Waals surface area contributed by atoms with E-state index in [2.05, 4.69) is 0 Å². The van der Waals surface area contributed by atoms with Gasteiger partial charge in [0.2, 0.25) is 23.1 Å². The molecule has 4 rings (SSSR count). The minimum atomic E-state index is -3.46. The zero-order chi connectivity index (χ0) is 47.4. The standard InChI is InChI=1S/C48H66O15/c1-30(28-32-22-17-15-18-23-32)34(56-31(2)49)26-21-27-46-35(57-41(53)62-45(12,13)14)36(55-29-33-24-19-16-20-25-33)48(63-46,40(52)61-44(9,10)11)47(54,39(51)60-43(6,7)8)37(58-46)38(50)59-42(3,4)5/h15-26,30,34-37,54H,27-29H2,1-14H3/b26-21+/t30-,34-,35-,36-,37?,46?,47?,48+/m1/s1. The van der Waals surface area contributed by atoms with Gasteiger partial charge in [-0.2, -0.15) is 0 Å². The van der Waals surface area contributed by atoms with Crippen molar-refractivity contribution >= 4 is 30.0 Å². The largest absolute Gasteiger partial charge is 0.509 e. The Morgan fingerprint density at radius 2 is 1.22 bits per heavy atom. The van der Waals surface area contributed by atoms with Gasteiger partial charge in [-0.15, -0.1) is 0 Å². The minimum Gasteiger partial charge on any atom is -0.458 e. The maximum atomic E-state index is 15.3. The van der Waals surface area contributed by atoms with Crippen LogP contribution in [0.1, 0.15) is 114 Å². The number of ether oxygens (including phenoxy) is 9. The molecule has 2 saturated heterocycles. The quantitative estimate of drug-likeness (QED) is 0.113. The van der Waals surface area contributed by atoms with Gasteiger partial charge in [0.1, 0.15) is 34.6 Å². The molecule has 0 aromatic heterocycles. The Bertz CT molecular complexity index is 1950. The summed E-state index contributed by atoms with van der Waals surface area (Å²) in [5.74, 6) is -7.52. The van der Waals surface area contributed by atoms with Gasteiger partial charge >= 0.3 is 30.0 Å². The Kier molecular flexibility index (Phi) is 15.4. The molecule has 1 N–H and O–H groups in total. The summed E-state index contributed by atoms with van der Waals surface area (Å²) in [6.45, 7) is 21.5. The highest BCUT2D eigenvalue weighted by Gasteiger charge is 2.87. The van der Waals surface area contributed by atoms with Gasteiger partial charge in [-0.3, -0.25) is 4.79 Å². The van der Waals surface area contributed by atoms with Crippen molar-refractivity contribution in [1.82, 2.24) is 0 Å². The average Bonchev–Trinajstić information content (AvgIpc) is 3.36. The summed E-state index contributed by atoms with van der Waals surface area (Å²) in [7, 11) is 0. The lowest BCUT2D eigenvalue weighted by atomic mass is 9.74. The predicted molar refractivity (Wildman–Crippen MR) is 229 cm³/mol. The van der Waals surface area contributed by atoms with Crippen LogP contribution in [0.15, 0.2) is 72.8 Å². The van der Waals surface area contributed by atoms with E-state index in [1.54, 1.807) is 98.7 Å². The molecule has 2 heterocycles. The molecule has 2 aliphatic rings. The zero-order valence-corrected chi connectivity index (χ0v) is 39.1. The monoisotopic (exact) mass is 882 g/mol. The molecule has 15 heteroatoms. The number of benzene rings is 2. The molecule has 0 amide bonds. The summed E-state index contributed by atoms with van der Waals surface area (Å²) in [5, 5.41) is 13.3. The van der Waals surface area contributed by atoms with Crippen LogP contribution in [0.2, 0.25) is 0 Å². The molecular weight excluding hydrogens is 817 g/mol. The Labute approximate surface area is 371 Å². The number of fused-ring (bicyclic) bond motifs is 2. The van der Waals surface area contributed by atoms with Crippen molar-refractivity contribution in [1.29, 1.82) is 0 Å². The summed E-state index contributed by atoms with van der Waals surface area (Å²) >= 11 is 0. The fourth-order valence-electron chi connectivity index (χ4n) is 7.26. The highest BCUT2D eigenvalue weighted by atomic mass is 16.8. The van der Waals surface area contributed by atoms with Gasteiger partial charge in [0.05, 0.1) is 6.61 Å². The third kappa shape index (κ3) is 12.7. The molecule has 348 valence electrons. The first-order valence-corrected chi connectivity index (χ1v) is 21.1. The van der Waals surface area contributed by atoms with E-state index in [0.717, 1.165) is 5.56 Å². The number of esters is 4. The summed E-state index contributed by atoms with van der Waals surface area (Å²) in [4.78, 5) is 71.1. The Morgan fingerprint density at radius 1 is 0.714 bits per heavy atom. The molecule has 2 fully saturated rings. The number of hydrogen-bond donors (Lipinski definition) is 1. The van der Waals surface area contributed by atoms with E-state index in [1.165, 1.54) is 33.8 Å². The van der Waals surface area contributed by atoms with E-state index < -0.39 is 100 Å². The Hall–Kier alpha value is -4.83. The topological polar surface area (TPSA) is 189 Å². The highest BCUT2D eigenvalue weighted by Crippen LogP contribution is 2.58. The van der Waals surface area contributed by atoms with Crippen molar-refractivity contribution in [2.45, 2.75) is 180 Å². The van der Waals surface area contributed by atoms with E-state index in [9.17, 15) is 24.3 Å². The second kappa shape index (κ2) is 19.1. The van der Waals surface area contributed by atoms with Crippen LogP contribution in [0.4, 0.5) is 4.79 Å². The van der Waals surface area contributed by atoms with Crippen molar-refractivity contribution < 1.29 is 71.7 Å². The lowest BCUT2D eigenvalue weighted by Gasteiger charge is -2.51. The van der Waals surface area contributed by atoms with E-state index in [4.69, 9.17) is 42.6 Å². The number of carbonyl (C=O) groups excluding carboxylic acids is 5. The molecule has 0 radical (unpaired) electrons. The maximum absolute atomic E-state index is 15.3. The fourth-order valence-corrected chi connectivity index (χ4v) is 7.26. The van der Waals surface area contributed by atoms with Crippen LogP contribution >= 0.6 is 0 Å². The lowest BCUT2D eigenvalue weighted by Crippen LogP contribution is -2.79. The van der Waals surface area contributed by atoms with E-state index >= 15 is 4.79 Å². The van der Waals surface area contributed by atoms with Gasteiger partial charge in [0.15, 0.2) is 6.10 Å². The molecule has 2 bridgehead atoms. The van der Waals surface area contributed by atoms with Crippen LogP contribution in [-0.2, 0) is 74.8 Å². The van der Waals surface area contributed by atoms with Crippen molar-refractivity contribution in [2.24, 2.45) is 5.92 Å². The van der Waals surface area contributed by atoms with E-state index in [-0.39, 0.29) is 12.5 Å². The average molecular weight is 883 g/mol. The smallest absolute Gasteiger partial charge is 0.458 e. The zero-order valence-electron chi connectivity index (χ0n) is 39.1. The van der Waals surface area contributed by atoms with E-state index in [0.29, 0.717) is 12.0 Å². The van der Waals surface area contributed by atoms with E-state index in [1.807, 2.05) is 37.3 Å². The van der Waals surface area contributed by atoms with Gasteiger partial charge in [-0.25, -0.2) is 19.2 Å². The first-order chi connectivity index (χ1) is 28.9. The molecule has 2 aliphatic heterocycles. The molecule has 0 spiro atoms. The molecule has 8 atom stereocenters. The van der Waals surface area contributed by atoms with Crippen LogP contribution in [0.5, 0.6) is 0 Å². The third-order valence-corrected chi connectivity index (χ3v) is 9.62. The van der Waals surface area contributed by atoms with Crippen LogP contribution in [0.3, 0.4) is 0 Å². The molecule has 0 aliphatic carbocycles. The van der Waals surface area contributed by atoms with Gasteiger partial charge in [-0.1, -0.05) is 73.7 Å². The van der Waals surface area contributed by atoms with Crippen molar-refractivity contribution in [3.63, 3.8) is 0 Å². The number of aliphatic hydroxyl groups is 1. The van der Waals surface area contributed by atoms with Gasteiger partial charge in [0, 0.05) is 19.3 Å². The first kappa shape index (κ1) is 50.8. The van der Waals surface area contributed by atoms with Crippen molar-refractivity contribution in [3.8, 4) is 0 Å². The molecule has 63 heavy (non-hydrogen) atoms. The Balaban J connectivity index is 2.07. The van der Waals surface area contributed by atoms with Gasteiger partial charge in [0.25, 0.3) is 0 Å². The number of hydrogen-bond acceptors (Lipinski definition) is 15. The summed E-state index contributed by atoms with van der Waals surface area (Å²) in [5.41, 5.74) is -10.0. The fraction of sp³-hybridized carbons (Fsp3) is 0.604. The van der Waals surface area contributed by atoms with Crippen molar-refractivity contribution in [2.75, 3.05) is 0 Å². The normalized spacial score (nSPS) is 26.0. The lowest BCUT2D eigenvalue weighted by molar-refractivity contribution is -0.376. The molecule has 0 saturated carbocycles. The van der Waals surface area contributed by atoms with Crippen LogP contribution < -0.4 is 0 Å². The second-order valence-corrected chi connectivity index (χ2v) is 20.0. The Morgan fingerprint density at radius 3 is 1.73 bits per heavy atom. The summed E-state index contributed by atoms with van der Waals surface area (Å²) < 4.78 is 54.8. The summed E-state index contributed by atoms with van der Waals surface area (Å²) in [6.07, 6.45) is -5.33. The molecule has 15 nitrogen and oxygen atoms in total. The van der Waals surface area contributed by atoms with Crippen LogP contribution in [0, 0.1) is 5.92 Å². The summed E-state index contributed by atoms with van der Waals surface area (Å²) in [6, 6.07) is 18.3. The van der Waals surface area contributed by atoms with Crippen LogP contribution in [-0.4, -0.2) is 98.9 Å². The van der Waals surface area contributed by atoms with Crippen molar-refractivity contribution in [3.05, 3.63) is 83.9 Å². The maximum Gasteiger partial charge on any atom is 0.509 e. The second-order valence-electron chi connectivity index (χ2n) is 20.0. The van der Waals surface area contributed by atoms with Crippen LogP contribution in [0.25, 0.3) is 0 Å². The number of rotatable bonds is 14. The molecule has 2 aromatic carbocycles. The molecule has 2 aromatic rings.